The highest BCUT2D eigenvalue weighted by atomic mass is 32.1. The first-order valence-electron chi connectivity index (χ1n) is 6.70. The highest BCUT2D eigenvalue weighted by Gasteiger charge is 2.37. The van der Waals surface area contributed by atoms with Crippen LogP contribution in [0.25, 0.3) is 0 Å². The Hall–Kier alpha value is -0.450. The van der Waals surface area contributed by atoms with Gasteiger partial charge < -0.3 is 10.6 Å². The second-order valence-electron chi connectivity index (χ2n) is 6.76. The monoisotopic (exact) mass is 267 g/mol. The number of nitrogens with one attached hydrogen (secondary N) is 2. The largest absolute Gasteiger partial charge is 0.308 e. The molecule has 0 aromatic carbocycles. The molecule has 2 N–H and O–H groups in total. The Labute approximate surface area is 114 Å². The van der Waals surface area contributed by atoms with E-state index >= 15 is 0 Å². The molecule has 1 aromatic heterocycles. The van der Waals surface area contributed by atoms with Crippen LogP contribution < -0.4 is 10.6 Å². The van der Waals surface area contributed by atoms with Gasteiger partial charge in [-0.05, 0) is 47.5 Å². The van der Waals surface area contributed by atoms with E-state index in [0.717, 1.165) is 12.2 Å². The summed E-state index contributed by atoms with van der Waals surface area (Å²) >= 11 is 1.75. The average Bonchev–Trinajstić information content (AvgIpc) is 2.56. The number of hydrogen-bond donors (Lipinski definition) is 2. The lowest BCUT2D eigenvalue weighted by atomic mass is 9.79. The molecular weight excluding hydrogens is 242 g/mol. The summed E-state index contributed by atoms with van der Waals surface area (Å²) in [6.07, 6.45) is 2.33. The van der Waals surface area contributed by atoms with Gasteiger partial charge >= 0.3 is 0 Å². The van der Waals surface area contributed by atoms with E-state index in [-0.39, 0.29) is 11.1 Å². The van der Waals surface area contributed by atoms with Gasteiger partial charge in [0.1, 0.15) is 5.01 Å². The second kappa shape index (κ2) is 4.91. The Bertz CT molecular complexity index is 393. The third-order valence-electron chi connectivity index (χ3n) is 3.40. The third kappa shape index (κ3) is 3.77. The number of aromatic nitrogens is 1. The standard InChI is InChI=1S/C14H25N3S/c1-10-9-18-12(16-10)8-15-11-6-13(2,3)17-14(4,5)7-11/h9,11,15,17H,6-8H2,1-5H3. The molecule has 0 bridgehead atoms. The first-order valence-corrected chi connectivity index (χ1v) is 7.57. The van der Waals surface area contributed by atoms with Crippen LogP contribution in [0.5, 0.6) is 0 Å². The van der Waals surface area contributed by atoms with Crippen LogP contribution in [0.3, 0.4) is 0 Å². The Morgan fingerprint density at radius 1 is 1.33 bits per heavy atom. The SMILES string of the molecule is Cc1csc(CNC2CC(C)(C)NC(C)(C)C2)n1. The number of thiazole rings is 1. The van der Waals surface area contributed by atoms with E-state index in [1.165, 1.54) is 17.8 Å². The van der Waals surface area contributed by atoms with Gasteiger partial charge in [-0.2, -0.15) is 0 Å². The fraction of sp³-hybridized carbons (Fsp3) is 0.786. The molecule has 1 saturated heterocycles. The van der Waals surface area contributed by atoms with Gasteiger partial charge in [0, 0.05) is 34.7 Å². The van der Waals surface area contributed by atoms with Crippen molar-refractivity contribution >= 4 is 11.3 Å². The van der Waals surface area contributed by atoms with E-state index in [1.54, 1.807) is 11.3 Å². The van der Waals surface area contributed by atoms with Gasteiger partial charge in [0.25, 0.3) is 0 Å². The predicted molar refractivity (Wildman–Crippen MR) is 78.0 cm³/mol. The maximum absolute atomic E-state index is 4.51. The van der Waals surface area contributed by atoms with Crippen molar-refractivity contribution in [1.82, 2.24) is 15.6 Å². The average molecular weight is 267 g/mol. The summed E-state index contributed by atoms with van der Waals surface area (Å²) in [7, 11) is 0. The van der Waals surface area contributed by atoms with Crippen molar-refractivity contribution in [3.05, 3.63) is 16.1 Å². The van der Waals surface area contributed by atoms with Gasteiger partial charge in [-0.3, -0.25) is 0 Å². The van der Waals surface area contributed by atoms with Crippen molar-refractivity contribution in [2.75, 3.05) is 0 Å². The zero-order valence-corrected chi connectivity index (χ0v) is 12.9. The van der Waals surface area contributed by atoms with E-state index in [0.29, 0.717) is 6.04 Å². The lowest BCUT2D eigenvalue weighted by Crippen LogP contribution is -2.61. The van der Waals surface area contributed by atoms with Crippen molar-refractivity contribution in [3.8, 4) is 0 Å². The van der Waals surface area contributed by atoms with Gasteiger partial charge in [0.2, 0.25) is 0 Å². The Morgan fingerprint density at radius 3 is 2.44 bits per heavy atom. The van der Waals surface area contributed by atoms with Crippen LogP contribution in [0.2, 0.25) is 0 Å². The first-order chi connectivity index (χ1) is 8.26. The van der Waals surface area contributed by atoms with E-state index in [4.69, 9.17) is 0 Å². The van der Waals surface area contributed by atoms with Crippen molar-refractivity contribution in [2.24, 2.45) is 0 Å². The molecule has 0 saturated carbocycles. The molecule has 0 unspecified atom stereocenters. The van der Waals surface area contributed by atoms with Crippen molar-refractivity contribution in [2.45, 2.75) is 71.1 Å². The van der Waals surface area contributed by atoms with Crippen LogP contribution in [0, 0.1) is 6.92 Å². The maximum Gasteiger partial charge on any atom is 0.107 e. The smallest absolute Gasteiger partial charge is 0.107 e. The molecule has 4 heteroatoms. The van der Waals surface area contributed by atoms with E-state index in [9.17, 15) is 0 Å². The quantitative estimate of drug-likeness (QED) is 0.884. The summed E-state index contributed by atoms with van der Waals surface area (Å²) in [4.78, 5) is 4.51. The van der Waals surface area contributed by atoms with Crippen LogP contribution >= 0.6 is 11.3 Å². The van der Waals surface area contributed by atoms with Crippen LogP contribution in [0.4, 0.5) is 0 Å². The van der Waals surface area contributed by atoms with Crippen LogP contribution in [0.1, 0.15) is 51.2 Å². The fourth-order valence-electron chi connectivity index (χ4n) is 3.18. The molecule has 1 aliphatic heterocycles. The summed E-state index contributed by atoms with van der Waals surface area (Å²) < 4.78 is 0. The Kier molecular flexibility index (Phi) is 3.81. The molecule has 1 fully saturated rings. The number of nitrogens with zero attached hydrogens (tertiary/aromatic N) is 1. The molecule has 3 nitrogen and oxygen atoms in total. The topological polar surface area (TPSA) is 37.0 Å². The molecule has 0 amide bonds. The van der Waals surface area contributed by atoms with Crippen LogP contribution in [-0.4, -0.2) is 22.1 Å². The minimum absolute atomic E-state index is 0.207. The number of rotatable bonds is 3. The maximum atomic E-state index is 4.51. The van der Waals surface area contributed by atoms with Gasteiger partial charge in [0.05, 0.1) is 0 Å². The summed E-state index contributed by atoms with van der Waals surface area (Å²) in [5, 5.41) is 10.7. The van der Waals surface area contributed by atoms with Crippen molar-refractivity contribution < 1.29 is 0 Å². The lowest BCUT2D eigenvalue weighted by Gasteiger charge is -2.46. The van der Waals surface area contributed by atoms with E-state index < -0.39 is 0 Å². The van der Waals surface area contributed by atoms with E-state index in [2.05, 4.69) is 55.6 Å². The molecule has 102 valence electrons. The Morgan fingerprint density at radius 2 is 1.94 bits per heavy atom. The molecule has 2 rings (SSSR count). The molecule has 2 heterocycles. The van der Waals surface area contributed by atoms with Gasteiger partial charge in [0.15, 0.2) is 0 Å². The van der Waals surface area contributed by atoms with Crippen molar-refractivity contribution in [3.63, 3.8) is 0 Å². The molecular formula is C14H25N3S. The summed E-state index contributed by atoms with van der Waals surface area (Å²) in [6.45, 7) is 12.1. The number of aryl methyl sites for hydroxylation is 1. The van der Waals surface area contributed by atoms with Crippen molar-refractivity contribution in [1.29, 1.82) is 0 Å². The lowest BCUT2D eigenvalue weighted by molar-refractivity contribution is 0.145. The van der Waals surface area contributed by atoms with E-state index in [1.807, 2.05) is 0 Å². The summed E-state index contributed by atoms with van der Waals surface area (Å²) in [5.41, 5.74) is 1.54. The summed E-state index contributed by atoms with van der Waals surface area (Å²) in [6, 6.07) is 0.570. The second-order valence-corrected chi connectivity index (χ2v) is 7.70. The normalized spacial score (nSPS) is 23.2. The molecule has 18 heavy (non-hydrogen) atoms. The van der Waals surface area contributed by atoms with Crippen LogP contribution in [-0.2, 0) is 6.54 Å². The Balaban J connectivity index is 1.93. The highest BCUT2D eigenvalue weighted by molar-refractivity contribution is 7.09. The van der Waals surface area contributed by atoms with Crippen LogP contribution in [0.15, 0.2) is 5.38 Å². The molecule has 0 radical (unpaired) electrons. The zero-order valence-electron chi connectivity index (χ0n) is 12.1. The fourth-order valence-corrected chi connectivity index (χ4v) is 3.90. The molecule has 0 aliphatic carbocycles. The summed E-state index contributed by atoms with van der Waals surface area (Å²) in [5.74, 6) is 0. The highest BCUT2D eigenvalue weighted by Crippen LogP contribution is 2.28. The minimum Gasteiger partial charge on any atom is -0.308 e. The molecule has 0 spiro atoms. The molecule has 0 atom stereocenters. The molecule has 1 aliphatic rings. The third-order valence-corrected chi connectivity index (χ3v) is 4.37. The van der Waals surface area contributed by atoms with Gasteiger partial charge in [-0.15, -0.1) is 11.3 Å². The number of hydrogen-bond acceptors (Lipinski definition) is 4. The minimum atomic E-state index is 0.207. The predicted octanol–water partition coefficient (Wildman–Crippen LogP) is 2.85. The zero-order chi connectivity index (χ0) is 13.4. The number of piperidine rings is 1. The first kappa shape index (κ1) is 14.0. The van der Waals surface area contributed by atoms with Gasteiger partial charge in [-0.1, -0.05) is 0 Å². The molecule has 1 aromatic rings. The van der Waals surface area contributed by atoms with Gasteiger partial charge in [-0.25, -0.2) is 4.98 Å².